The molecule has 9 heteroatoms. The van der Waals surface area contributed by atoms with Crippen LogP contribution < -0.4 is 10.2 Å². The lowest BCUT2D eigenvalue weighted by Gasteiger charge is -2.25. The Morgan fingerprint density at radius 2 is 1.86 bits per heavy atom. The van der Waals surface area contributed by atoms with Gasteiger partial charge in [0.1, 0.15) is 12.4 Å². The van der Waals surface area contributed by atoms with E-state index in [0.29, 0.717) is 32.1 Å². The zero-order valence-corrected chi connectivity index (χ0v) is 15.8. The fourth-order valence-electron chi connectivity index (χ4n) is 2.71. The van der Waals surface area contributed by atoms with Crippen LogP contribution >= 0.6 is 0 Å². The molecule has 1 N–H and O–H groups in total. The molecule has 0 unspecified atom stereocenters. The summed E-state index contributed by atoms with van der Waals surface area (Å²) in [6.07, 6.45) is 1.57. The second-order valence-corrected chi connectivity index (χ2v) is 6.46. The van der Waals surface area contributed by atoms with Gasteiger partial charge in [-0.1, -0.05) is 0 Å². The minimum Gasteiger partial charge on any atom is -0.489 e. The maximum absolute atomic E-state index is 11.9. The van der Waals surface area contributed by atoms with E-state index in [-0.39, 0.29) is 11.6 Å². The van der Waals surface area contributed by atoms with Crippen molar-refractivity contribution in [1.82, 2.24) is 10.3 Å². The molecule has 1 amide bonds. The van der Waals surface area contributed by atoms with Gasteiger partial charge < -0.3 is 9.47 Å². The number of ether oxygens (including phenoxy) is 2. The minimum atomic E-state index is -0.435. The summed E-state index contributed by atoms with van der Waals surface area (Å²) >= 11 is 0. The molecule has 0 atom stereocenters. The Hall–Kier alpha value is -3.30. The smallest absolute Gasteiger partial charge is 0.269 e. The second kappa shape index (κ2) is 10.3. The number of benzene rings is 2. The molecule has 1 aliphatic rings. The molecule has 0 bridgehead atoms. The van der Waals surface area contributed by atoms with Gasteiger partial charge in [0.15, 0.2) is 0 Å². The summed E-state index contributed by atoms with van der Waals surface area (Å²) in [6.45, 7) is 3.40. The monoisotopic (exact) mass is 398 g/mol. The van der Waals surface area contributed by atoms with Gasteiger partial charge in [0.05, 0.1) is 30.9 Å². The van der Waals surface area contributed by atoms with Gasteiger partial charge >= 0.3 is 0 Å². The number of amides is 1. The van der Waals surface area contributed by atoms with E-state index in [4.69, 9.17) is 9.47 Å². The molecule has 29 heavy (non-hydrogen) atoms. The molecule has 3 rings (SSSR count). The van der Waals surface area contributed by atoms with E-state index in [0.717, 1.165) is 24.2 Å². The molecule has 1 aliphatic heterocycles. The zero-order chi connectivity index (χ0) is 20.5. The van der Waals surface area contributed by atoms with E-state index >= 15 is 0 Å². The first kappa shape index (κ1) is 20.4. The van der Waals surface area contributed by atoms with Crippen LogP contribution in [0.4, 0.5) is 5.69 Å². The van der Waals surface area contributed by atoms with Crippen molar-refractivity contribution in [3.63, 3.8) is 0 Å². The average Bonchev–Trinajstić information content (AvgIpc) is 2.74. The van der Waals surface area contributed by atoms with Crippen LogP contribution in [0.3, 0.4) is 0 Å². The van der Waals surface area contributed by atoms with Crippen LogP contribution in [0.1, 0.15) is 11.1 Å². The van der Waals surface area contributed by atoms with Crippen LogP contribution in [0, 0.1) is 10.1 Å². The maximum atomic E-state index is 11.9. The number of rotatable bonds is 8. The Morgan fingerprint density at radius 1 is 1.17 bits per heavy atom. The van der Waals surface area contributed by atoms with E-state index < -0.39 is 4.92 Å². The number of hydrazone groups is 1. The molecular weight excluding hydrogens is 376 g/mol. The molecule has 152 valence electrons. The van der Waals surface area contributed by atoms with Crippen LogP contribution in [0.25, 0.3) is 0 Å². The van der Waals surface area contributed by atoms with E-state index in [1.165, 1.54) is 12.1 Å². The number of nitrogens with zero attached hydrogens (tertiary/aromatic N) is 3. The number of hydrogen-bond donors (Lipinski definition) is 1. The van der Waals surface area contributed by atoms with Gasteiger partial charge in [0.2, 0.25) is 0 Å². The van der Waals surface area contributed by atoms with E-state index in [9.17, 15) is 14.9 Å². The molecule has 0 spiro atoms. The summed E-state index contributed by atoms with van der Waals surface area (Å²) in [6, 6.07) is 13.5. The van der Waals surface area contributed by atoms with E-state index in [1.54, 1.807) is 30.5 Å². The summed E-state index contributed by atoms with van der Waals surface area (Å²) in [5.74, 6) is 0.503. The third-order valence-corrected chi connectivity index (χ3v) is 4.31. The van der Waals surface area contributed by atoms with Gasteiger partial charge in [0, 0.05) is 25.2 Å². The SMILES string of the molecule is O=C(CN1CCOCC1)N/N=C\c1ccc(OCc2ccc([N+](=O)[O-])cc2)cc1. The Labute approximate surface area is 168 Å². The normalized spacial score (nSPS) is 14.6. The Kier molecular flexibility index (Phi) is 7.26. The topological polar surface area (TPSA) is 106 Å². The average molecular weight is 398 g/mol. The van der Waals surface area contributed by atoms with Crippen molar-refractivity contribution in [2.24, 2.45) is 5.10 Å². The molecule has 2 aromatic rings. The number of non-ortho nitro benzene ring substituents is 1. The summed E-state index contributed by atoms with van der Waals surface area (Å²) in [4.78, 5) is 24.1. The van der Waals surface area contributed by atoms with Crippen LogP contribution in [-0.2, 0) is 16.1 Å². The number of nitrogens with one attached hydrogen (secondary N) is 1. The number of hydrogen-bond acceptors (Lipinski definition) is 7. The third-order valence-electron chi connectivity index (χ3n) is 4.31. The fraction of sp³-hybridized carbons (Fsp3) is 0.300. The molecule has 2 aromatic carbocycles. The third kappa shape index (κ3) is 6.66. The molecule has 1 saturated heterocycles. The number of carbonyl (C=O) groups excluding carboxylic acids is 1. The van der Waals surface area contributed by atoms with E-state index in [1.807, 2.05) is 17.0 Å². The molecular formula is C20H22N4O5. The van der Waals surface area contributed by atoms with Crippen LogP contribution in [0.5, 0.6) is 5.75 Å². The van der Waals surface area contributed by atoms with Gasteiger partial charge in [-0.05, 0) is 47.5 Å². The highest BCUT2D eigenvalue weighted by atomic mass is 16.6. The van der Waals surface area contributed by atoms with Crippen molar-refractivity contribution in [1.29, 1.82) is 0 Å². The number of nitro benzene ring substituents is 1. The number of carbonyl (C=O) groups is 1. The lowest BCUT2D eigenvalue weighted by atomic mass is 10.2. The van der Waals surface area contributed by atoms with Crippen LogP contribution in [0.2, 0.25) is 0 Å². The summed E-state index contributed by atoms with van der Waals surface area (Å²) in [5, 5.41) is 14.6. The fourth-order valence-corrected chi connectivity index (χ4v) is 2.71. The second-order valence-electron chi connectivity index (χ2n) is 6.46. The van der Waals surface area contributed by atoms with Crippen LogP contribution in [-0.4, -0.2) is 54.8 Å². The molecule has 1 fully saturated rings. The Morgan fingerprint density at radius 3 is 2.52 bits per heavy atom. The standard InChI is InChI=1S/C20H22N4O5/c25-20(14-23-9-11-28-12-10-23)22-21-13-16-3-7-19(8-4-16)29-15-17-1-5-18(6-2-17)24(26)27/h1-8,13H,9-12,14-15H2,(H,22,25)/b21-13-. The van der Waals surface area contributed by atoms with Crippen LogP contribution in [0.15, 0.2) is 53.6 Å². The highest BCUT2D eigenvalue weighted by molar-refractivity contribution is 5.83. The van der Waals surface area contributed by atoms with Gasteiger partial charge in [-0.15, -0.1) is 0 Å². The van der Waals surface area contributed by atoms with Crippen molar-refractivity contribution in [3.05, 3.63) is 69.8 Å². The Balaban J connectivity index is 1.42. The van der Waals surface area contributed by atoms with Crippen molar-refractivity contribution < 1.29 is 19.2 Å². The van der Waals surface area contributed by atoms with Crippen molar-refractivity contribution in [2.75, 3.05) is 32.8 Å². The summed E-state index contributed by atoms with van der Waals surface area (Å²) in [7, 11) is 0. The predicted molar refractivity (Wildman–Crippen MR) is 107 cm³/mol. The molecule has 9 nitrogen and oxygen atoms in total. The molecule has 1 heterocycles. The highest BCUT2D eigenvalue weighted by Gasteiger charge is 2.13. The maximum Gasteiger partial charge on any atom is 0.269 e. The summed E-state index contributed by atoms with van der Waals surface area (Å²) in [5.41, 5.74) is 4.23. The number of nitro groups is 1. The zero-order valence-electron chi connectivity index (χ0n) is 15.8. The lowest BCUT2D eigenvalue weighted by Crippen LogP contribution is -2.42. The Bertz CT molecular complexity index is 846. The van der Waals surface area contributed by atoms with Crippen molar-refractivity contribution in [3.8, 4) is 5.75 Å². The molecule has 0 saturated carbocycles. The molecule has 0 radical (unpaired) electrons. The summed E-state index contributed by atoms with van der Waals surface area (Å²) < 4.78 is 10.9. The molecule has 0 aromatic heterocycles. The lowest BCUT2D eigenvalue weighted by molar-refractivity contribution is -0.384. The van der Waals surface area contributed by atoms with Gasteiger partial charge in [0.25, 0.3) is 11.6 Å². The minimum absolute atomic E-state index is 0.0504. The van der Waals surface area contributed by atoms with Crippen molar-refractivity contribution >= 4 is 17.8 Å². The van der Waals surface area contributed by atoms with E-state index in [2.05, 4.69) is 10.5 Å². The predicted octanol–water partition coefficient (Wildman–Crippen LogP) is 1.96. The quantitative estimate of drug-likeness (QED) is 0.414. The van der Waals surface area contributed by atoms with Crippen molar-refractivity contribution in [2.45, 2.75) is 6.61 Å². The van der Waals surface area contributed by atoms with Gasteiger partial charge in [-0.3, -0.25) is 19.8 Å². The highest BCUT2D eigenvalue weighted by Crippen LogP contribution is 2.16. The first-order valence-electron chi connectivity index (χ1n) is 9.18. The molecule has 0 aliphatic carbocycles. The van der Waals surface area contributed by atoms with Gasteiger partial charge in [-0.25, -0.2) is 5.43 Å². The number of morpholine rings is 1. The first-order valence-corrected chi connectivity index (χ1v) is 9.18. The largest absolute Gasteiger partial charge is 0.489 e. The first-order chi connectivity index (χ1) is 14.1. The van der Waals surface area contributed by atoms with Gasteiger partial charge in [-0.2, -0.15) is 5.10 Å².